The molecule has 1 aromatic carbocycles. The first-order valence-electron chi connectivity index (χ1n) is 7.37. The number of urea groups is 1. The first-order valence-corrected chi connectivity index (χ1v) is 8.25. The van der Waals surface area contributed by atoms with Crippen LogP contribution in [0.5, 0.6) is 0 Å². The molecule has 1 aromatic heterocycles. The van der Waals surface area contributed by atoms with Crippen LogP contribution < -0.4 is 20.9 Å². The number of carbonyl (C=O) groups excluding carboxylic acids is 1. The van der Waals surface area contributed by atoms with E-state index < -0.39 is 12.1 Å². The fraction of sp³-hybridized carbons (Fsp3) is 0.267. The quantitative estimate of drug-likeness (QED) is 0.601. The number of hydrogen-bond donors (Lipinski definition) is 4. The number of carbonyl (C=O) groups is 2. The summed E-state index contributed by atoms with van der Waals surface area (Å²) >= 11 is 1.25. The van der Waals surface area contributed by atoms with Crippen LogP contribution in [-0.2, 0) is 6.54 Å². The molecular weight excluding hydrogens is 349 g/mol. The Morgan fingerprint density at radius 2 is 2.16 bits per heavy atom. The van der Waals surface area contributed by atoms with Crippen molar-refractivity contribution in [2.45, 2.75) is 6.54 Å². The summed E-state index contributed by atoms with van der Waals surface area (Å²) in [4.78, 5) is 28.3. The predicted molar refractivity (Wildman–Crippen MR) is 93.7 cm³/mol. The van der Waals surface area contributed by atoms with Crippen molar-refractivity contribution in [3.8, 4) is 0 Å². The average Bonchev–Trinajstić information content (AvgIpc) is 3.01. The van der Waals surface area contributed by atoms with Crippen LogP contribution in [0, 0.1) is 5.82 Å². The summed E-state index contributed by atoms with van der Waals surface area (Å²) in [5.74, 6) is 0.266. The van der Waals surface area contributed by atoms with Crippen molar-refractivity contribution in [3.63, 3.8) is 0 Å². The number of nitrogens with zero attached hydrogens (tertiary/aromatic N) is 2. The summed E-state index contributed by atoms with van der Waals surface area (Å²) in [6.07, 6.45) is -1.08. The van der Waals surface area contributed by atoms with E-state index in [1.807, 2.05) is 0 Å². The Balaban J connectivity index is 1.79. The molecule has 10 heteroatoms. The maximum Gasteiger partial charge on any atom is 0.404 e. The fourth-order valence-corrected chi connectivity index (χ4v) is 2.66. The molecule has 0 radical (unpaired) electrons. The highest BCUT2D eigenvalue weighted by atomic mass is 32.1. The standard InChI is InChI=1S/C15H18FN5O3S/c1-21(6-5-17-15(23)24)12-9-25-14(19-12)20-13(22)18-8-10-3-2-4-11(16)7-10/h2-4,7,9,17H,5-6,8H2,1H3,(H,23,24)(H2,18,19,20,22). The number of carboxylic acid groups (broad SMARTS) is 1. The molecule has 0 unspecified atom stereocenters. The van der Waals surface area contributed by atoms with Gasteiger partial charge in [-0.1, -0.05) is 12.1 Å². The number of benzene rings is 1. The Hall–Kier alpha value is -2.88. The Morgan fingerprint density at radius 1 is 1.36 bits per heavy atom. The number of aromatic nitrogens is 1. The summed E-state index contributed by atoms with van der Waals surface area (Å²) in [5, 5.41) is 18.2. The third-order valence-corrected chi connectivity index (χ3v) is 3.91. The largest absolute Gasteiger partial charge is 0.465 e. The lowest BCUT2D eigenvalue weighted by Crippen LogP contribution is -2.32. The second-order valence-electron chi connectivity index (χ2n) is 5.10. The van der Waals surface area contributed by atoms with Gasteiger partial charge in [0.25, 0.3) is 0 Å². The number of anilines is 2. The van der Waals surface area contributed by atoms with Gasteiger partial charge in [-0.15, -0.1) is 11.3 Å². The Bertz CT molecular complexity index is 739. The lowest BCUT2D eigenvalue weighted by atomic mass is 10.2. The number of hydrogen-bond acceptors (Lipinski definition) is 5. The van der Waals surface area contributed by atoms with Crippen LogP contribution in [0.15, 0.2) is 29.6 Å². The number of likely N-dealkylation sites (N-methyl/N-ethyl adjacent to an activating group) is 1. The number of thiazole rings is 1. The highest BCUT2D eigenvalue weighted by molar-refractivity contribution is 7.14. The summed E-state index contributed by atoms with van der Waals surface area (Å²) in [7, 11) is 1.77. The lowest BCUT2D eigenvalue weighted by molar-refractivity contribution is 0.195. The normalized spacial score (nSPS) is 10.2. The van der Waals surface area contributed by atoms with Gasteiger partial charge in [0.15, 0.2) is 5.13 Å². The van der Waals surface area contributed by atoms with Gasteiger partial charge in [-0.3, -0.25) is 5.32 Å². The molecule has 0 aliphatic rings. The number of rotatable bonds is 7. The van der Waals surface area contributed by atoms with Crippen molar-refractivity contribution in [1.82, 2.24) is 15.6 Å². The zero-order valence-corrected chi connectivity index (χ0v) is 14.3. The SMILES string of the molecule is CN(CCNC(=O)O)c1csc(NC(=O)NCc2cccc(F)c2)n1. The maximum absolute atomic E-state index is 13.1. The van der Waals surface area contributed by atoms with Crippen LogP contribution in [-0.4, -0.2) is 42.4 Å². The number of halogens is 1. The molecule has 0 saturated carbocycles. The van der Waals surface area contributed by atoms with E-state index in [9.17, 15) is 14.0 Å². The van der Waals surface area contributed by atoms with Crippen LogP contribution in [0.3, 0.4) is 0 Å². The van der Waals surface area contributed by atoms with Gasteiger partial charge in [-0.25, -0.2) is 19.0 Å². The second kappa shape index (κ2) is 8.83. The fourth-order valence-electron chi connectivity index (χ4n) is 1.91. The van der Waals surface area contributed by atoms with Gasteiger partial charge < -0.3 is 20.6 Å². The number of nitrogens with one attached hydrogen (secondary N) is 3. The molecule has 0 fully saturated rings. The van der Waals surface area contributed by atoms with Crippen molar-refractivity contribution < 1.29 is 19.1 Å². The molecule has 0 aliphatic carbocycles. The van der Waals surface area contributed by atoms with Crippen molar-refractivity contribution >= 4 is 34.4 Å². The summed E-state index contributed by atoms with van der Waals surface area (Å²) in [6.45, 7) is 0.907. The van der Waals surface area contributed by atoms with Crippen molar-refractivity contribution in [3.05, 3.63) is 41.0 Å². The predicted octanol–water partition coefficient (Wildman–Crippen LogP) is 2.31. The van der Waals surface area contributed by atoms with Gasteiger partial charge in [0, 0.05) is 32.1 Å². The molecular formula is C15H18FN5O3S. The van der Waals surface area contributed by atoms with E-state index >= 15 is 0 Å². The molecule has 8 nitrogen and oxygen atoms in total. The van der Waals surface area contributed by atoms with Gasteiger partial charge >= 0.3 is 12.1 Å². The molecule has 134 valence electrons. The highest BCUT2D eigenvalue weighted by Gasteiger charge is 2.09. The van der Waals surface area contributed by atoms with Gasteiger partial charge in [0.2, 0.25) is 0 Å². The third-order valence-electron chi connectivity index (χ3n) is 3.17. The van der Waals surface area contributed by atoms with Gasteiger partial charge in [0.1, 0.15) is 11.6 Å². The summed E-state index contributed by atoms with van der Waals surface area (Å²) < 4.78 is 13.1. The van der Waals surface area contributed by atoms with Crippen molar-refractivity contribution in [2.75, 3.05) is 30.4 Å². The first-order chi connectivity index (χ1) is 11.9. The Morgan fingerprint density at radius 3 is 2.88 bits per heavy atom. The summed E-state index contributed by atoms with van der Waals surface area (Å²) in [6, 6.07) is 5.53. The van der Waals surface area contributed by atoms with Crippen LogP contribution in [0.1, 0.15) is 5.56 Å². The molecule has 0 spiro atoms. The smallest absolute Gasteiger partial charge is 0.404 e. The monoisotopic (exact) mass is 367 g/mol. The zero-order valence-electron chi connectivity index (χ0n) is 13.5. The van der Waals surface area contributed by atoms with E-state index in [2.05, 4.69) is 20.9 Å². The van der Waals surface area contributed by atoms with Crippen molar-refractivity contribution in [2.24, 2.45) is 0 Å². The summed E-state index contributed by atoms with van der Waals surface area (Å²) in [5.41, 5.74) is 0.653. The van der Waals surface area contributed by atoms with Crippen LogP contribution >= 0.6 is 11.3 Å². The van der Waals surface area contributed by atoms with E-state index in [0.29, 0.717) is 23.1 Å². The molecule has 4 N–H and O–H groups in total. The minimum atomic E-state index is -1.08. The van der Waals surface area contributed by atoms with Gasteiger partial charge in [0.05, 0.1) is 0 Å². The second-order valence-corrected chi connectivity index (χ2v) is 5.96. The first kappa shape index (κ1) is 18.5. The van der Waals surface area contributed by atoms with Crippen LogP contribution in [0.25, 0.3) is 0 Å². The molecule has 25 heavy (non-hydrogen) atoms. The molecule has 0 saturated heterocycles. The average molecular weight is 367 g/mol. The van der Waals surface area contributed by atoms with Crippen LogP contribution in [0.2, 0.25) is 0 Å². The Labute approximate surface area is 147 Å². The van der Waals surface area contributed by atoms with E-state index in [-0.39, 0.29) is 18.9 Å². The maximum atomic E-state index is 13.1. The lowest BCUT2D eigenvalue weighted by Gasteiger charge is -2.15. The van der Waals surface area contributed by atoms with Crippen LogP contribution in [0.4, 0.5) is 24.9 Å². The number of amides is 3. The van der Waals surface area contributed by atoms with E-state index in [1.54, 1.807) is 29.5 Å². The zero-order chi connectivity index (χ0) is 18.2. The highest BCUT2D eigenvalue weighted by Crippen LogP contribution is 2.21. The van der Waals surface area contributed by atoms with E-state index in [1.165, 1.54) is 23.5 Å². The minimum absolute atomic E-state index is 0.197. The topological polar surface area (TPSA) is 107 Å². The molecule has 0 bridgehead atoms. The molecule has 0 atom stereocenters. The van der Waals surface area contributed by atoms with E-state index in [0.717, 1.165) is 0 Å². The van der Waals surface area contributed by atoms with Gasteiger partial charge in [-0.05, 0) is 17.7 Å². The van der Waals surface area contributed by atoms with Gasteiger partial charge in [-0.2, -0.15) is 0 Å². The third kappa shape index (κ3) is 6.26. The molecule has 1 heterocycles. The molecule has 3 amide bonds. The molecule has 2 aromatic rings. The van der Waals surface area contributed by atoms with E-state index in [4.69, 9.17) is 5.11 Å². The molecule has 2 rings (SSSR count). The Kier molecular flexibility index (Phi) is 6.52. The van der Waals surface area contributed by atoms with Crippen molar-refractivity contribution in [1.29, 1.82) is 0 Å². The molecule has 0 aliphatic heterocycles. The minimum Gasteiger partial charge on any atom is -0.465 e.